The Bertz CT molecular complexity index is 632. The Balaban J connectivity index is 2.09. The molecule has 0 aromatic heterocycles. The average Bonchev–Trinajstić information content (AvgIpc) is 2.49. The molecule has 0 fully saturated rings. The van der Waals surface area contributed by atoms with Crippen molar-refractivity contribution in [1.29, 1.82) is 0 Å². The minimum atomic E-state index is 0.448. The number of methoxy groups -OCH3 is 2. The zero-order chi connectivity index (χ0) is 15.2. The molecule has 0 amide bonds. The van der Waals surface area contributed by atoms with Gasteiger partial charge in [-0.25, -0.2) is 0 Å². The van der Waals surface area contributed by atoms with Gasteiger partial charge in [0.15, 0.2) is 5.11 Å². The second-order valence-electron chi connectivity index (χ2n) is 4.15. The fourth-order valence-corrected chi connectivity index (χ4v) is 2.08. The molecular formula is C15H15ClN2O2S. The van der Waals surface area contributed by atoms with E-state index in [0.29, 0.717) is 21.6 Å². The normalized spacial score (nSPS) is 9.86. The van der Waals surface area contributed by atoms with Crippen molar-refractivity contribution in [3.05, 3.63) is 47.5 Å². The van der Waals surface area contributed by atoms with Gasteiger partial charge in [0.2, 0.25) is 0 Å². The van der Waals surface area contributed by atoms with Crippen LogP contribution in [0, 0.1) is 0 Å². The summed E-state index contributed by atoms with van der Waals surface area (Å²) in [6.45, 7) is 0. The van der Waals surface area contributed by atoms with Crippen LogP contribution in [0.3, 0.4) is 0 Å². The minimum absolute atomic E-state index is 0.448. The van der Waals surface area contributed by atoms with E-state index in [0.717, 1.165) is 11.4 Å². The summed E-state index contributed by atoms with van der Waals surface area (Å²) in [4.78, 5) is 0. The average molecular weight is 323 g/mol. The molecule has 110 valence electrons. The van der Waals surface area contributed by atoms with Crippen LogP contribution in [0.5, 0.6) is 11.5 Å². The molecule has 2 aromatic rings. The van der Waals surface area contributed by atoms with Gasteiger partial charge in [-0.05, 0) is 48.6 Å². The van der Waals surface area contributed by atoms with Gasteiger partial charge in [0.1, 0.15) is 11.5 Å². The Morgan fingerprint density at radius 3 is 2.33 bits per heavy atom. The van der Waals surface area contributed by atoms with Gasteiger partial charge < -0.3 is 20.1 Å². The van der Waals surface area contributed by atoms with E-state index in [1.54, 1.807) is 26.4 Å². The molecule has 4 nitrogen and oxygen atoms in total. The van der Waals surface area contributed by atoms with E-state index < -0.39 is 0 Å². The lowest BCUT2D eigenvalue weighted by Gasteiger charge is -2.14. The lowest BCUT2D eigenvalue weighted by atomic mass is 10.2. The molecule has 0 bridgehead atoms. The fraction of sp³-hybridized carbons (Fsp3) is 0.133. The topological polar surface area (TPSA) is 42.5 Å². The highest BCUT2D eigenvalue weighted by atomic mass is 35.5. The standard InChI is InChI=1S/C15H15ClN2O2S/c1-19-12-7-8-14(20-2)13(9-12)18-15(21)17-11-5-3-10(16)4-6-11/h3-9H,1-2H3,(H2,17,18,21). The van der Waals surface area contributed by atoms with Gasteiger partial charge in [-0.1, -0.05) is 11.6 Å². The van der Waals surface area contributed by atoms with Crippen LogP contribution in [0.1, 0.15) is 0 Å². The fourth-order valence-electron chi connectivity index (χ4n) is 1.73. The molecule has 6 heteroatoms. The summed E-state index contributed by atoms with van der Waals surface area (Å²) in [6, 6.07) is 12.7. The maximum Gasteiger partial charge on any atom is 0.175 e. The molecule has 0 heterocycles. The molecule has 0 aliphatic carbocycles. The Kier molecular flexibility index (Phi) is 5.25. The molecule has 0 spiro atoms. The summed E-state index contributed by atoms with van der Waals surface area (Å²) in [5, 5.41) is 7.28. The third kappa shape index (κ3) is 4.24. The Morgan fingerprint density at radius 1 is 1.00 bits per heavy atom. The van der Waals surface area contributed by atoms with E-state index >= 15 is 0 Å². The summed E-state index contributed by atoms with van der Waals surface area (Å²) < 4.78 is 10.5. The van der Waals surface area contributed by atoms with Crippen molar-refractivity contribution in [2.45, 2.75) is 0 Å². The van der Waals surface area contributed by atoms with Crippen LogP contribution in [0.4, 0.5) is 11.4 Å². The smallest absolute Gasteiger partial charge is 0.175 e. The molecule has 0 radical (unpaired) electrons. The van der Waals surface area contributed by atoms with Crippen LogP contribution in [-0.2, 0) is 0 Å². The molecule has 0 saturated heterocycles. The highest BCUT2D eigenvalue weighted by molar-refractivity contribution is 7.80. The van der Waals surface area contributed by atoms with Gasteiger partial charge in [0, 0.05) is 16.8 Å². The van der Waals surface area contributed by atoms with Gasteiger partial charge in [-0.15, -0.1) is 0 Å². The lowest BCUT2D eigenvalue weighted by molar-refractivity contribution is 0.405. The van der Waals surface area contributed by atoms with Gasteiger partial charge in [-0.2, -0.15) is 0 Å². The summed E-state index contributed by atoms with van der Waals surface area (Å²) in [5.41, 5.74) is 1.57. The summed E-state index contributed by atoms with van der Waals surface area (Å²) in [6.07, 6.45) is 0. The summed E-state index contributed by atoms with van der Waals surface area (Å²) in [7, 11) is 3.21. The number of hydrogen-bond acceptors (Lipinski definition) is 3. The number of ether oxygens (including phenoxy) is 2. The third-order valence-electron chi connectivity index (χ3n) is 2.76. The number of benzene rings is 2. The van der Waals surface area contributed by atoms with Crippen LogP contribution in [0.15, 0.2) is 42.5 Å². The number of hydrogen-bond donors (Lipinski definition) is 2. The van der Waals surface area contributed by atoms with Crippen LogP contribution in [-0.4, -0.2) is 19.3 Å². The highest BCUT2D eigenvalue weighted by Crippen LogP contribution is 2.29. The van der Waals surface area contributed by atoms with Crippen LogP contribution < -0.4 is 20.1 Å². The summed E-state index contributed by atoms with van der Waals surface area (Å²) >= 11 is 11.1. The number of halogens is 1. The largest absolute Gasteiger partial charge is 0.497 e. The first-order valence-corrected chi connectivity index (χ1v) is 6.96. The van der Waals surface area contributed by atoms with E-state index in [1.807, 2.05) is 30.3 Å². The second kappa shape index (κ2) is 7.15. The number of rotatable bonds is 4. The Hall–Kier alpha value is -1.98. The first kappa shape index (κ1) is 15.4. The van der Waals surface area contributed by atoms with E-state index in [4.69, 9.17) is 33.3 Å². The molecule has 2 N–H and O–H groups in total. The molecule has 21 heavy (non-hydrogen) atoms. The van der Waals surface area contributed by atoms with Crippen molar-refractivity contribution < 1.29 is 9.47 Å². The zero-order valence-electron chi connectivity index (χ0n) is 11.6. The van der Waals surface area contributed by atoms with Gasteiger partial charge in [0.05, 0.1) is 19.9 Å². The predicted molar refractivity (Wildman–Crippen MR) is 90.8 cm³/mol. The van der Waals surface area contributed by atoms with Gasteiger partial charge in [0.25, 0.3) is 0 Å². The first-order chi connectivity index (χ1) is 10.1. The number of nitrogens with one attached hydrogen (secondary N) is 2. The van der Waals surface area contributed by atoms with Crippen molar-refractivity contribution in [2.24, 2.45) is 0 Å². The van der Waals surface area contributed by atoms with Gasteiger partial charge >= 0.3 is 0 Å². The van der Waals surface area contributed by atoms with Crippen molar-refractivity contribution in [3.63, 3.8) is 0 Å². The molecule has 0 aliphatic heterocycles. The number of anilines is 2. The van der Waals surface area contributed by atoms with Crippen molar-refractivity contribution in [3.8, 4) is 11.5 Å². The van der Waals surface area contributed by atoms with Crippen LogP contribution >= 0.6 is 23.8 Å². The maximum absolute atomic E-state index is 5.84. The van der Waals surface area contributed by atoms with E-state index in [9.17, 15) is 0 Å². The van der Waals surface area contributed by atoms with Crippen LogP contribution in [0.25, 0.3) is 0 Å². The van der Waals surface area contributed by atoms with E-state index in [2.05, 4.69) is 10.6 Å². The predicted octanol–water partition coefficient (Wildman–Crippen LogP) is 4.17. The van der Waals surface area contributed by atoms with Crippen molar-refractivity contribution in [1.82, 2.24) is 0 Å². The van der Waals surface area contributed by atoms with Gasteiger partial charge in [-0.3, -0.25) is 0 Å². The lowest BCUT2D eigenvalue weighted by Crippen LogP contribution is -2.19. The first-order valence-electron chi connectivity index (χ1n) is 6.18. The molecule has 2 rings (SSSR count). The van der Waals surface area contributed by atoms with Crippen molar-refractivity contribution >= 4 is 40.3 Å². The third-order valence-corrected chi connectivity index (χ3v) is 3.21. The maximum atomic E-state index is 5.84. The molecule has 0 atom stereocenters. The van der Waals surface area contributed by atoms with Crippen LogP contribution in [0.2, 0.25) is 5.02 Å². The zero-order valence-corrected chi connectivity index (χ0v) is 13.2. The monoisotopic (exact) mass is 322 g/mol. The minimum Gasteiger partial charge on any atom is -0.497 e. The Morgan fingerprint density at radius 2 is 1.71 bits per heavy atom. The Labute approximate surface area is 134 Å². The second-order valence-corrected chi connectivity index (χ2v) is 5.00. The number of thiocarbonyl (C=S) groups is 1. The van der Waals surface area contributed by atoms with E-state index in [-0.39, 0.29) is 0 Å². The highest BCUT2D eigenvalue weighted by Gasteiger charge is 2.07. The molecule has 2 aromatic carbocycles. The van der Waals surface area contributed by atoms with Crippen molar-refractivity contribution in [2.75, 3.05) is 24.9 Å². The van der Waals surface area contributed by atoms with E-state index in [1.165, 1.54) is 0 Å². The molecule has 0 saturated carbocycles. The molecule has 0 aliphatic rings. The molecule has 0 unspecified atom stereocenters. The molecular weight excluding hydrogens is 308 g/mol. The quantitative estimate of drug-likeness (QED) is 0.827. The SMILES string of the molecule is COc1ccc(OC)c(NC(=S)Nc2ccc(Cl)cc2)c1. The summed E-state index contributed by atoms with van der Waals surface area (Å²) in [5.74, 6) is 1.39.